The van der Waals surface area contributed by atoms with Gasteiger partial charge in [-0.3, -0.25) is 9.69 Å². The summed E-state index contributed by atoms with van der Waals surface area (Å²) in [5.41, 5.74) is 6.48. The fraction of sp³-hybridized carbons (Fsp3) is 0.353. The summed E-state index contributed by atoms with van der Waals surface area (Å²) in [5.74, 6) is -2.18. The number of carbonyl (C=O) groups excluding carboxylic acids is 1. The van der Waals surface area contributed by atoms with Crippen LogP contribution in [0.2, 0.25) is 0 Å². The van der Waals surface area contributed by atoms with Crippen molar-refractivity contribution >= 4 is 28.7 Å². The number of benzene rings is 1. The van der Waals surface area contributed by atoms with Crippen LogP contribution < -0.4 is 10.3 Å². The molecule has 27 heavy (non-hydrogen) atoms. The Morgan fingerprint density at radius 1 is 1.33 bits per heavy atom. The van der Waals surface area contributed by atoms with Gasteiger partial charge in [-0.05, 0) is 25.0 Å². The molecule has 1 atom stereocenters. The van der Waals surface area contributed by atoms with Gasteiger partial charge in [-0.1, -0.05) is 0 Å². The van der Waals surface area contributed by atoms with Crippen LogP contribution in [0.15, 0.2) is 23.1 Å². The van der Waals surface area contributed by atoms with Crippen molar-refractivity contribution in [3.63, 3.8) is 0 Å². The molecule has 1 aliphatic carbocycles. The van der Waals surface area contributed by atoms with E-state index in [0.717, 1.165) is 23.8 Å². The molecule has 1 amide bonds. The van der Waals surface area contributed by atoms with E-state index in [1.807, 2.05) is 0 Å². The van der Waals surface area contributed by atoms with Crippen molar-refractivity contribution in [2.75, 3.05) is 18.0 Å². The van der Waals surface area contributed by atoms with Gasteiger partial charge < -0.3 is 20.1 Å². The molecular formula is C17H15AcFN3O5-. The number of carboxylic acid groups (broad SMARTS) is 1. The molecule has 2 aromatic rings. The Labute approximate surface area is 188 Å². The molecule has 8 nitrogen and oxygen atoms in total. The monoisotopic (exact) mass is 587 g/mol. The van der Waals surface area contributed by atoms with Gasteiger partial charge in [0.15, 0.2) is 0 Å². The second kappa shape index (κ2) is 7.49. The normalized spacial score (nSPS) is 19.1. The van der Waals surface area contributed by atoms with Gasteiger partial charge in [-0.2, -0.15) is 0 Å². The van der Waals surface area contributed by atoms with Gasteiger partial charge >= 0.3 is 12.1 Å². The first-order chi connectivity index (χ1) is 12.4. The smallest absolute Gasteiger partial charge is 0.414 e. The van der Waals surface area contributed by atoms with Crippen molar-refractivity contribution in [3.05, 3.63) is 45.7 Å². The first-order valence-corrected chi connectivity index (χ1v) is 8.15. The van der Waals surface area contributed by atoms with Crippen molar-refractivity contribution in [1.29, 1.82) is 0 Å². The Hall–Kier alpha value is -1.50. The summed E-state index contributed by atoms with van der Waals surface area (Å²) in [4.78, 5) is 36.8. The van der Waals surface area contributed by atoms with Crippen LogP contribution in [-0.4, -0.2) is 40.9 Å². The molecule has 2 N–H and O–H groups in total. The summed E-state index contributed by atoms with van der Waals surface area (Å²) in [5, 5.41) is 9.21. The maximum absolute atomic E-state index is 14.6. The predicted octanol–water partition coefficient (Wildman–Crippen LogP) is 2.55. The SMILES string of the molecule is [Ac].[NH-]CC1CN(c2cc3c(cc2F)c(=O)c(C(=O)O)cn3C2CC2)C(=O)O1. The number of rotatable bonds is 4. The number of anilines is 1. The number of amides is 1. The van der Waals surface area contributed by atoms with E-state index in [9.17, 15) is 23.9 Å². The molecule has 1 saturated carbocycles. The third-order valence-corrected chi connectivity index (χ3v) is 4.66. The van der Waals surface area contributed by atoms with Gasteiger partial charge in [-0.25, -0.2) is 14.0 Å². The average molecular weight is 587 g/mol. The van der Waals surface area contributed by atoms with Gasteiger partial charge in [0.1, 0.15) is 17.5 Å². The minimum absolute atomic E-state index is 0. The van der Waals surface area contributed by atoms with E-state index in [1.54, 1.807) is 4.57 Å². The van der Waals surface area contributed by atoms with E-state index >= 15 is 0 Å². The first kappa shape index (κ1) is 20.2. The fourth-order valence-corrected chi connectivity index (χ4v) is 3.20. The zero-order valence-corrected chi connectivity index (χ0v) is 18.9. The van der Waals surface area contributed by atoms with Gasteiger partial charge in [0.05, 0.1) is 17.7 Å². The van der Waals surface area contributed by atoms with Crippen LogP contribution in [-0.2, 0) is 4.74 Å². The van der Waals surface area contributed by atoms with Gasteiger partial charge in [0.2, 0.25) is 5.43 Å². The van der Waals surface area contributed by atoms with Crippen molar-refractivity contribution in [2.24, 2.45) is 0 Å². The molecule has 2 aliphatic rings. The number of aromatic nitrogens is 1. The molecule has 1 radical (unpaired) electrons. The number of fused-ring (bicyclic) bond motifs is 1. The van der Waals surface area contributed by atoms with Crippen LogP contribution >= 0.6 is 0 Å². The summed E-state index contributed by atoms with van der Waals surface area (Å²) in [6.45, 7) is -0.0855. The second-order valence-electron chi connectivity index (χ2n) is 6.46. The number of carboxylic acids is 1. The van der Waals surface area contributed by atoms with Crippen molar-refractivity contribution in [2.45, 2.75) is 25.0 Å². The fourth-order valence-electron chi connectivity index (χ4n) is 3.20. The number of nitrogens with one attached hydrogen (secondary N) is 1. The Balaban J connectivity index is 0.00000210. The van der Waals surface area contributed by atoms with E-state index in [-0.39, 0.29) is 74.3 Å². The van der Waals surface area contributed by atoms with Crippen LogP contribution in [0.25, 0.3) is 16.6 Å². The molecule has 10 heteroatoms. The Kier molecular flexibility index (Phi) is 5.62. The van der Waals surface area contributed by atoms with E-state index in [4.69, 9.17) is 10.5 Å². The summed E-state index contributed by atoms with van der Waals surface area (Å²) in [6.07, 6.45) is 1.55. The standard InChI is InChI=1S/C17H15FN3O5.Ac/c18-12-3-10-13(4-14(12)21-6-9(5-19)26-17(21)25)20(8-1-2-8)7-11(15(10)22)16(23)24;/h3-4,7-9,19H,1-2,5-6H2,(H,23,24);/q-1;. The number of pyridine rings is 1. The van der Waals surface area contributed by atoms with Crippen molar-refractivity contribution in [1.82, 2.24) is 4.57 Å². The number of ether oxygens (including phenoxy) is 1. The minimum Gasteiger partial charge on any atom is -0.674 e. The molecule has 4 rings (SSSR count). The molecule has 0 bridgehead atoms. The van der Waals surface area contributed by atoms with E-state index in [1.165, 1.54) is 12.3 Å². The number of halogens is 1. The van der Waals surface area contributed by atoms with Crippen LogP contribution in [0, 0.1) is 49.9 Å². The van der Waals surface area contributed by atoms with Gasteiger partial charge in [-0.15, -0.1) is 6.54 Å². The van der Waals surface area contributed by atoms with E-state index in [2.05, 4.69) is 0 Å². The molecule has 1 aliphatic heterocycles. The topological polar surface area (TPSA) is 113 Å². The number of carbonyl (C=O) groups is 2. The first-order valence-electron chi connectivity index (χ1n) is 8.15. The summed E-state index contributed by atoms with van der Waals surface area (Å²) < 4.78 is 21.3. The second-order valence-corrected chi connectivity index (χ2v) is 6.46. The number of cyclic esters (lactones) is 1. The Bertz CT molecular complexity index is 1000. The maximum Gasteiger partial charge on any atom is 0.414 e. The number of hydrogen-bond donors (Lipinski definition) is 1. The average Bonchev–Trinajstić information content (AvgIpc) is 3.37. The van der Waals surface area contributed by atoms with Crippen molar-refractivity contribution in [3.8, 4) is 0 Å². The van der Waals surface area contributed by atoms with Crippen LogP contribution in [0.1, 0.15) is 29.2 Å². The summed E-state index contributed by atoms with van der Waals surface area (Å²) in [7, 11) is 0. The molecule has 2 heterocycles. The van der Waals surface area contributed by atoms with Crippen LogP contribution in [0.5, 0.6) is 0 Å². The molecule has 139 valence electrons. The third-order valence-electron chi connectivity index (χ3n) is 4.66. The van der Waals surface area contributed by atoms with Crippen LogP contribution in [0.4, 0.5) is 14.9 Å². The molecule has 1 saturated heterocycles. The largest absolute Gasteiger partial charge is 0.674 e. The number of nitrogens with zero attached hydrogens (tertiary/aromatic N) is 2. The van der Waals surface area contributed by atoms with E-state index < -0.39 is 35.0 Å². The molecule has 1 aromatic heterocycles. The molecular weight excluding hydrogens is 572 g/mol. The molecule has 1 aromatic carbocycles. The van der Waals surface area contributed by atoms with Gasteiger partial charge in [0, 0.05) is 61.7 Å². The summed E-state index contributed by atoms with van der Waals surface area (Å²) >= 11 is 0. The Morgan fingerprint density at radius 3 is 2.59 bits per heavy atom. The predicted molar refractivity (Wildman–Crippen MR) is 90.2 cm³/mol. The number of aromatic carboxylic acids is 1. The van der Waals surface area contributed by atoms with Crippen LogP contribution in [0.3, 0.4) is 0 Å². The molecule has 1 unspecified atom stereocenters. The molecule has 2 fully saturated rings. The zero-order chi connectivity index (χ0) is 18.6. The quantitative estimate of drug-likeness (QED) is 0.591. The minimum atomic E-state index is -1.36. The maximum atomic E-state index is 14.6. The zero-order valence-electron chi connectivity index (χ0n) is 14.1. The van der Waals surface area contributed by atoms with Gasteiger partial charge in [0.25, 0.3) is 0 Å². The van der Waals surface area contributed by atoms with E-state index in [0.29, 0.717) is 5.52 Å². The molecule has 0 spiro atoms. The van der Waals surface area contributed by atoms with Crippen molar-refractivity contribution < 1.29 is 67.9 Å². The number of hydrogen-bond acceptors (Lipinski definition) is 4. The summed E-state index contributed by atoms with van der Waals surface area (Å²) in [6, 6.07) is 2.39. The Morgan fingerprint density at radius 2 is 2.04 bits per heavy atom. The third kappa shape index (κ3) is 3.50.